The van der Waals surface area contributed by atoms with Gasteiger partial charge in [-0.2, -0.15) is 0 Å². The van der Waals surface area contributed by atoms with E-state index in [2.05, 4.69) is 417 Å². The van der Waals surface area contributed by atoms with Gasteiger partial charge in [0, 0.05) is 49.8 Å². The Balaban J connectivity index is 0.000000111. The Bertz CT molecular complexity index is 8640. The first-order chi connectivity index (χ1) is 60.4. The molecule has 24 aromatic rings. The van der Waals surface area contributed by atoms with E-state index in [1.54, 1.807) is 0 Å². The third-order valence-electron chi connectivity index (χ3n) is 29.0. The lowest BCUT2D eigenvalue weighted by Gasteiger charge is -2.32. The van der Waals surface area contributed by atoms with Crippen molar-refractivity contribution in [2.75, 3.05) is 0 Å². The summed E-state index contributed by atoms with van der Waals surface area (Å²) in [5.74, 6) is 0. The molecule has 3 heterocycles. The molecule has 3 aliphatic rings. The normalized spacial score (nSPS) is 14.7. The molecule has 0 unspecified atom stereocenters. The van der Waals surface area contributed by atoms with Crippen molar-refractivity contribution < 1.29 is 9.31 Å². The van der Waals surface area contributed by atoms with Gasteiger partial charge in [-0.3, -0.25) is 9.97 Å². The smallest absolute Gasteiger partial charge is 0.399 e. The standard InChI is InChI=1S/C56H35N.C32H30BNO2.C30H17Br.CH4/c1-56(2)49-30-47-39-17-6-4-15-37(39)36-14-3-5-16-38(36)46(47)29-48(49)55-50(56)28-35(31-57-55)52-40-18-7-9-20-42(40)54(43-21-10-8-19-41(43)52)45-27-25-34-23-22-32-12-11-13-33-24-26-44(45)53(34)51(32)33;1-30(2)27-17-25-23-14-10-8-12-21(23)20-11-7-9-13-22(20)24(25)16-26(27)29-28(30)15-19(18-34-29)33-35-31(3,4)32(5,6)36-33;31-30-25-10-3-1-8-21(25)29(22-9-2-4-11-26(22)30)24-17-15-20-13-12-18-6-5-7-19-14-16-23(24)28(20)27(18)19;/h3-31H,1-2H3;7-18H,1-6H3;1-17H;1H4. The van der Waals surface area contributed by atoms with Crippen molar-refractivity contribution in [3.05, 3.63) is 379 Å². The van der Waals surface area contributed by atoms with E-state index in [9.17, 15) is 0 Å². The summed E-state index contributed by atoms with van der Waals surface area (Å²) >= 11 is 3.89. The third-order valence-corrected chi connectivity index (χ3v) is 29.8. The van der Waals surface area contributed by atoms with Crippen LogP contribution < -0.4 is 5.46 Å². The first kappa shape index (κ1) is 75.1. The Kier molecular flexibility index (Phi) is 16.4. The van der Waals surface area contributed by atoms with Crippen LogP contribution >= 0.6 is 15.9 Å². The minimum Gasteiger partial charge on any atom is -0.399 e. The van der Waals surface area contributed by atoms with Gasteiger partial charge in [-0.15, -0.1) is 0 Å². The number of pyridine rings is 2. The van der Waals surface area contributed by atoms with Crippen LogP contribution in [0.25, 0.3) is 228 Å². The van der Waals surface area contributed by atoms with Gasteiger partial charge in [0.15, 0.2) is 0 Å². The zero-order valence-electron chi connectivity index (χ0n) is 70.2. The zero-order valence-corrected chi connectivity index (χ0v) is 71.7. The molecule has 6 heteroatoms. The molecular formula is C119H86BBrN2O2. The van der Waals surface area contributed by atoms with Gasteiger partial charge in [0.1, 0.15) is 0 Å². The molecular weight excluding hydrogens is 1580 g/mol. The molecule has 0 amide bonds. The van der Waals surface area contributed by atoms with Crippen LogP contribution in [0.15, 0.2) is 357 Å². The van der Waals surface area contributed by atoms with Crippen LogP contribution in [0.2, 0.25) is 0 Å². The molecule has 1 fully saturated rings. The number of nitrogens with zero attached hydrogens (tertiary/aromatic N) is 2. The van der Waals surface area contributed by atoms with Gasteiger partial charge in [-0.25, -0.2) is 0 Å². The fourth-order valence-corrected chi connectivity index (χ4v) is 22.9. The molecule has 0 bridgehead atoms. The predicted molar refractivity (Wildman–Crippen MR) is 539 cm³/mol. The fourth-order valence-electron chi connectivity index (χ4n) is 22.2. The van der Waals surface area contributed by atoms with Gasteiger partial charge in [0.25, 0.3) is 0 Å². The van der Waals surface area contributed by atoms with Crippen molar-refractivity contribution in [3.8, 4) is 55.9 Å². The lowest BCUT2D eigenvalue weighted by Crippen LogP contribution is -2.41. The molecule has 1 saturated heterocycles. The van der Waals surface area contributed by atoms with E-state index in [0.717, 1.165) is 22.4 Å². The summed E-state index contributed by atoms with van der Waals surface area (Å²) in [6.07, 6.45) is 4.08. The molecule has 4 nitrogen and oxygen atoms in total. The Morgan fingerprint density at radius 2 is 0.528 bits per heavy atom. The molecule has 0 atom stereocenters. The van der Waals surface area contributed by atoms with Crippen LogP contribution in [0, 0.1) is 0 Å². The second-order valence-electron chi connectivity index (χ2n) is 36.8. The lowest BCUT2D eigenvalue weighted by atomic mass is 9.76. The van der Waals surface area contributed by atoms with Crippen LogP contribution in [0.5, 0.6) is 0 Å². The third kappa shape index (κ3) is 10.8. The SMILES string of the molecule is Brc1c2ccccc2c(-c2ccc3ccc4cccc5ccc2c3c45)c2ccccc12.C.CC1(C)c2cc3c4ccccc4c4ccccc4c3cc2-c2ncc(-c3c4ccccc4c(-c4ccc5ccc6cccc7ccc4c5c67)c4ccccc34)cc21.CC1(C)c2cc3c4ccccc4c4ccccc4c3cc2-c2ncc(B3OC(C)(C)C(C)(C)O3)cc21. The summed E-state index contributed by atoms with van der Waals surface area (Å²) in [6, 6.07) is 126. The van der Waals surface area contributed by atoms with E-state index in [4.69, 9.17) is 19.3 Å². The van der Waals surface area contributed by atoms with E-state index < -0.39 is 7.12 Å². The van der Waals surface area contributed by atoms with Crippen LogP contribution in [0.1, 0.15) is 85.1 Å². The van der Waals surface area contributed by atoms with Crippen LogP contribution in [0.4, 0.5) is 0 Å². The number of benzene rings is 22. The minimum absolute atomic E-state index is 0. The average Bonchev–Trinajstić information content (AvgIpc) is 1.37. The highest BCUT2D eigenvalue weighted by Gasteiger charge is 2.53. The summed E-state index contributed by atoms with van der Waals surface area (Å²) in [7, 11) is -0.417. The molecule has 2 aliphatic carbocycles. The van der Waals surface area contributed by atoms with Crippen LogP contribution in [-0.2, 0) is 20.1 Å². The summed E-state index contributed by atoms with van der Waals surface area (Å²) in [5, 5.41) is 41.4. The predicted octanol–water partition coefficient (Wildman–Crippen LogP) is 32.5. The Hall–Kier alpha value is -13.7. The number of hydrogen-bond acceptors (Lipinski definition) is 4. The summed E-state index contributed by atoms with van der Waals surface area (Å²) in [5.41, 5.74) is 17.2. The molecule has 0 N–H and O–H groups in total. The molecule has 594 valence electrons. The van der Waals surface area contributed by atoms with E-state index >= 15 is 0 Å². The maximum absolute atomic E-state index is 6.35. The van der Waals surface area contributed by atoms with Crippen LogP contribution in [0.3, 0.4) is 0 Å². The second-order valence-corrected chi connectivity index (χ2v) is 37.5. The van der Waals surface area contributed by atoms with Gasteiger partial charge in [0.2, 0.25) is 0 Å². The fraction of sp³-hybridized carbons (Fsp3) is 0.109. The molecule has 2 aromatic heterocycles. The largest absolute Gasteiger partial charge is 0.496 e. The van der Waals surface area contributed by atoms with Crippen molar-refractivity contribution in [2.24, 2.45) is 0 Å². The van der Waals surface area contributed by atoms with Crippen molar-refractivity contribution in [2.45, 2.75) is 84.8 Å². The molecule has 22 aromatic carbocycles. The van der Waals surface area contributed by atoms with E-state index in [1.165, 1.54) is 238 Å². The molecule has 27 rings (SSSR count). The molecule has 125 heavy (non-hydrogen) atoms. The number of fused-ring (bicyclic) bond motifs is 22. The molecule has 0 radical (unpaired) electrons. The van der Waals surface area contributed by atoms with Crippen LogP contribution in [-0.4, -0.2) is 28.3 Å². The second kappa shape index (κ2) is 27.4. The topological polar surface area (TPSA) is 44.2 Å². The Morgan fingerprint density at radius 3 is 0.904 bits per heavy atom. The van der Waals surface area contributed by atoms with Gasteiger partial charge in [-0.05, 0) is 296 Å². The van der Waals surface area contributed by atoms with E-state index in [1.807, 2.05) is 6.20 Å². The summed E-state index contributed by atoms with van der Waals surface area (Å²) < 4.78 is 13.9. The maximum Gasteiger partial charge on any atom is 0.496 e. The quantitative estimate of drug-likeness (QED) is 0.100. The maximum atomic E-state index is 6.35. The number of aromatic nitrogens is 2. The number of hydrogen-bond donors (Lipinski definition) is 0. The molecule has 1 aliphatic heterocycles. The minimum atomic E-state index is -0.417. The highest BCUT2D eigenvalue weighted by molar-refractivity contribution is 9.10. The zero-order chi connectivity index (χ0) is 83.1. The highest BCUT2D eigenvalue weighted by Crippen LogP contribution is 2.56. The highest BCUT2D eigenvalue weighted by atomic mass is 79.9. The van der Waals surface area contributed by atoms with Gasteiger partial charge < -0.3 is 9.31 Å². The van der Waals surface area contributed by atoms with Gasteiger partial charge in [-0.1, -0.05) is 345 Å². The monoisotopic (exact) mass is 1660 g/mol. The van der Waals surface area contributed by atoms with Crippen molar-refractivity contribution in [1.82, 2.24) is 9.97 Å². The van der Waals surface area contributed by atoms with Gasteiger partial charge >= 0.3 is 7.12 Å². The number of halogens is 1. The lowest BCUT2D eigenvalue weighted by molar-refractivity contribution is 0.00578. The van der Waals surface area contributed by atoms with Gasteiger partial charge in [0.05, 0.1) is 22.6 Å². The Morgan fingerprint density at radius 1 is 0.240 bits per heavy atom. The summed E-state index contributed by atoms with van der Waals surface area (Å²) in [6.45, 7) is 17.7. The molecule has 0 saturated carbocycles. The summed E-state index contributed by atoms with van der Waals surface area (Å²) in [4.78, 5) is 10.4. The van der Waals surface area contributed by atoms with Crippen molar-refractivity contribution in [3.63, 3.8) is 0 Å². The number of rotatable bonds is 4. The first-order valence-electron chi connectivity index (χ1n) is 43.4. The van der Waals surface area contributed by atoms with E-state index in [-0.39, 0.29) is 29.5 Å². The van der Waals surface area contributed by atoms with Crippen molar-refractivity contribution >= 4 is 201 Å². The van der Waals surface area contributed by atoms with E-state index in [0.29, 0.717) is 0 Å². The van der Waals surface area contributed by atoms with Crippen molar-refractivity contribution in [1.29, 1.82) is 0 Å². The average molecular weight is 1670 g/mol. The Labute approximate surface area is 734 Å². The first-order valence-corrected chi connectivity index (χ1v) is 44.2. The molecule has 0 spiro atoms.